The van der Waals surface area contributed by atoms with Crippen LogP contribution in [0.1, 0.15) is 67.5 Å². The van der Waals surface area contributed by atoms with Crippen molar-refractivity contribution in [2.75, 3.05) is 13.2 Å². The van der Waals surface area contributed by atoms with E-state index in [4.69, 9.17) is 9.72 Å². The van der Waals surface area contributed by atoms with Crippen LogP contribution in [-0.2, 0) is 16.7 Å². The Bertz CT molecular complexity index is 870. The minimum atomic E-state index is 0.0539. The summed E-state index contributed by atoms with van der Waals surface area (Å²) in [6.07, 6.45) is 11.8. The standard InChI is InChI=1S/C24H30N4O/c1-19-21(15-25)14-20(17-28-19)16-26-12-9-23(22-6-2-5-11-27-22)10-13-29-24(18-23)7-3-4-8-24/h2,5-6,11,14,17,26H,3-4,7-10,12-13,16,18H2,1H3/t23-/m1/s1. The third kappa shape index (κ3) is 4.34. The third-order valence-corrected chi connectivity index (χ3v) is 6.75. The Balaban J connectivity index is 1.45. The zero-order valence-corrected chi connectivity index (χ0v) is 17.3. The van der Waals surface area contributed by atoms with Gasteiger partial charge in [-0.25, -0.2) is 0 Å². The van der Waals surface area contributed by atoms with Gasteiger partial charge < -0.3 is 10.1 Å². The molecule has 4 rings (SSSR count). The molecule has 1 saturated carbocycles. The number of aryl methyl sites for hydroxylation is 1. The first-order valence-corrected chi connectivity index (χ1v) is 10.8. The molecular weight excluding hydrogens is 360 g/mol. The first kappa shape index (κ1) is 20.0. The topological polar surface area (TPSA) is 70.8 Å². The van der Waals surface area contributed by atoms with E-state index < -0.39 is 0 Å². The van der Waals surface area contributed by atoms with Gasteiger partial charge in [0.25, 0.3) is 0 Å². The molecule has 5 heteroatoms. The highest BCUT2D eigenvalue weighted by atomic mass is 16.5. The molecule has 0 radical (unpaired) electrons. The lowest BCUT2D eigenvalue weighted by molar-refractivity contribution is -0.104. The molecule has 2 fully saturated rings. The monoisotopic (exact) mass is 390 g/mol. The molecule has 2 aromatic rings. The van der Waals surface area contributed by atoms with E-state index in [-0.39, 0.29) is 11.0 Å². The Labute approximate surface area is 173 Å². The van der Waals surface area contributed by atoms with Crippen LogP contribution in [0.4, 0.5) is 0 Å². The molecule has 0 unspecified atom stereocenters. The largest absolute Gasteiger partial charge is 0.375 e. The Morgan fingerprint density at radius 3 is 2.83 bits per heavy atom. The number of pyridine rings is 2. The minimum Gasteiger partial charge on any atom is -0.375 e. The Morgan fingerprint density at radius 2 is 2.07 bits per heavy atom. The van der Waals surface area contributed by atoms with Gasteiger partial charge in [-0.3, -0.25) is 9.97 Å². The first-order chi connectivity index (χ1) is 14.1. The summed E-state index contributed by atoms with van der Waals surface area (Å²) < 4.78 is 6.33. The molecule has 1 spiro atoms. The van der Waals surface area contributed by atoms with Gasteiger partial charge in [-0.1, -0.05) is 18.9 Å². The van der Waals surface area contributed by atoms with Crippen molar-refractivity contribution in [3.05, 3.63) is 59.2 Å². The van der Waals surface area contributed by atoms with E-state index in [9.17, 15) is 5.26 Å². The van der Waals surface area contributed by atoms with Gasteiger partial charge in [0.2, 0.25) is 0 Å². The lowest BCUT2D eigenvalue weighted by atomic mass is 9.68. The summed E-state index contributed by atoms with van der Waals surface area (Å²) >= 11 is 0. The normalized spacial score (nSPS) is 23.2. The fourth-order valence-electron chi connectivity index (χ4n) is 5.14. The molecule has 1 aliphatic carbocycles. The van der Waals surface area contributed by atoms with E-state index in [2.05, 4.69) is 28.5 Å². The molecule has 0 aromatic carbocycles. The van der Waals surface area contributed by atoms with Crippen LogP contribution in [0.15, 0.2) is 36.7 Å². The lowest BCUT2D eigenvalue weighted by Gasteiger charge is -2.46. The van der Waals surface area contributed by atoms with Crippen molar-refractivity contribution >= 4 is 0 Å². The van der Waals surface area contributed by atoms with Crippen LogP contribution in [0.2, 0.25) is 0 Å². The van der Waals surface area contributed by atoms with Crippen LogP contribution in [0, 0.1) is 18.3 Å². The number of nitriles is 1. The number of rotatable bonds is 6. The van der Waals surface area contributed by atoms with E-state index in [1.54, 1.807) is 0 Å². The van der Waals surface area contributed by atoms with Gasteiger partial charge in [-0.2, -0.15) is 5.26 Å². The van der Waals surface area contributed by atoms with Crippen molar-refractivity contribution < 1.29 is 4.74 Å². The van der Waals surface area contributed by atoms with Crippen molar-refractivity contribution in [2.24, 2.45) is 0 Å². The molecule has 1 atom stereocenters. The SMILES string of the molecule is Cc1ncc(CNCC[C@@]2(c3ccccn3)CCOC3(CCCC3)C2)cc1C#N. The second-order valence-electron chi connectivity index (χ2n) is 8.68. The van der Waals surface area contributed by atoms with Gasteiger partial charge in [0.05, 0.1) is 16.9 Å². The van der Waals surface area contributed by atoms with E-state index in [1.165, 1.54) is 31.4 Å². The van der Waals surface area contributed by atoms with E-state index in [1.807, 2.05) is 31.5 Å². The number of ether oxygens (including phenoxy) is 1. The summed E-state index contributed by atoms with van der Waals surface area (Å²) in [4.78, 5) is 9.11. The Hall–Kier alpha value is -2.29. The second kappa shape index (κ2) is 8.61. The van der Waals surface area contributed by atoms with Gasteiger partial charge >= 0.3 is 0 Å². The molecule has 29 heavy (non-hydrogen) atoms. The van der Waals surface area contributed by atoms with Crippen molar-refractivity contribution in [2.45, 2.75) is 69.4 Å². The van der Waals surface area contributed by atoms with Crippen LogP contribution in [0.3, 0.4) is 0 Å². The average Bonchev–Trinajstić information content (AvgIpc) is 3.20. The Kier molecular flexibility index (Phi) is 5.94. The highest BCUT2D eigenvalue weighted by molar-refractivity contribution is 5.35. The third-order valence-electron chi connectivity index (χ3n) is 6.75. The van der Waals surface area contributed by atoms with Crippen LogP contribution in [-0.4, -0.2) is 28.7 Å². The second-order valence-corrected chi connectivity index (χ2v) is 8.68. The first-order valence-electron chi connectivity index (χ1n) is 10.8. The van der Waals surface area contributed by atoms with Crippen LogP contribution < -0.4 is 5.32 Å². The van der Waals surface area contributed by atoms with E-state index in [0.717, 1.165) is 50.2 Å². The predicted molar refractivity (Wildman–Crippen MR) is 112 cm³/mol. The van der Waals surface area contributed by atoms with E-state index >= 15 is 0 Å². The van der Waals surface area contributed by atoms with Gasteiger partial charge in [-0.05, 0) is 69.3 Å². The number of nitrogens with one attached hydrogen (secondary N) is 1. The smallest absolute Gasteiger partial charge is 0.101 e. The molecule has 2 aliphatic rings. The van der Waals surface area contributed by atoms with Crippen molar-refractivity contribution in [3.8, 4) is 6.07 Å². The fourth-order valence-corrected chi connectivity index (χ4v) is 5.14. The zero-order valence-electron chi connectivity index (χ0n) is 17.3. The highest BCUT2D eigenvalue weighted by Gasteiger charge is 2.48. The van der Waals surface area contributed by atoms with Gasteiger partial charge in [0.1, 0.15) is 6.07 Å². The summed E-state index contributed by atoms with van der Waals surface area (Å²) in [6.45, 7) is 4.32. The maximum absolute atomic E-state index is 9.22. The molecule has 1 saturated heterocycles. The molecular formula is C24H30N4O. The molecule has 0 bridgehead atoms. The lowest BCUT2D eigenvalue weighted by Crippen LogP contribution is -2.47. The summed E-state index contributed by atoms with van der Waals surface area (Å²) in [5.74, 6) is 0. The molecule has 152 valence electrons. The number of aromatic nitrogens is 2. The van der Waals surface area contributed by atoms with Gasteiger partial charge in [0.15, 0.2) is 0 Å². The summed E-state index contributed by atoms with van der Waals surface area (Å²) in [7, 11) is 0. The maximum atomic E-state index is 9.22. The van der Waals surface area contributed by atoms with Crippen LogP contribution in [0.25, 0.3) is 0 Å². The van der Waals surface area contributed by atoms with Crippen molar-refractivity contribution in [1.29, 1.82) is 5.26 Å². The average molecular weight is 391 g/mol. The van der Waals surface area contributed by atoms with Crippen molar-refractivity contribution in [1.82, 2.24) is 15.3 Å². The highest BCUT2D eigenvalue weighted by Crippen LogP contribution is 2.49. The summed E-state index contributed by atoms with van der Waals surface area (Å²) in [6, 6.07) is 10.5. The molecule has 1 N–H and O–H groups in total. The van der Waals surface area contributed by atoms with Crippen LogP contribution in [0.5, 0.6) is 0 Å². The zero-order chi connectivity index (χ0) is 20.2. The molecule has 1 aliphatic heterocycles. The quantitative estimate of drug-likeness (QED) is 0.749. The van der Waals surface area contributed by atoms with Crippen LogP contribution >= 0.6 is 0 Å². The number of hydrogen-bond donors (Lipinski definition) is 1. The molecule has 3 heterocycles. The van der Waals surface area contributed by atoms with E-state index in [0.29, 0.717) is 5.56 Å². The molecule has 2 aromatic heterocycles. The predicted octanol–water partition coefficient (Wildman–Crippen LogP) is 4.20. The summed E-state index contributed by atoms with van der Waals surface area (Å²) in [5, 5.41) is 12.8. The van der Waals surface area contributed by atoms with Gasteiger partial charge in [-0.15, -0.1) is 0 Å². The maximum Gasteiger partial charge on any atom is 0.101 e. The van der Waals surface area contributed by atoms with Crippen molar-refractivity contribution in [3.63, 3.8) is 0 Å². The number of hydrogen-bond acceptors (Lipinski definition) is 5. The molecule has 5 nitrogen and oxygen atoms in total. The summed E-state index contributed by atoms with van der Waals surface area (Å²) in [5.41, 5.74) is 3.83. The van der Waals surface area contributed by atoms with Gasteiger partial charge in [0, 0.05) is 36.7 Å². The fraction of sp³-hybridized carbons (Fsp3) is 0.542. The minimum absolute atomic E-state index is 0.0539. The number of nitrogens with zero attached hydrogens (tertiary/aromatic N) is 3. The Morgan fingerprint density at radius 1 is 1.21 bits per heavy atom. The molecule has 0 amide bonds.